The van der Waals surface area contributed by atoms with Gasteiger partial charge in [-0.25, -0.2) is 4.79 Å². The van der Waals surface area contributed by atoms with Gasteiger partial charge in [0.15, 0.2) is 11.5 Å². The number of hydrogen-bond acceptors (Lipinski definition) is 6. The minimum Gasteiger partial charge on any atom is -0.493 e. The van der Waals surface area contributed by atoms with Gasteiger partial charge in [-0.1, -0.05) is 35.3 Å². The predicted molar refractivity (Wildman–Crippen MR) is 123 cm³/mol. The lowest BCUT2D eigenvalue weighted by Gasteiger charge is -2.09. The number of amides is 1. The third-order valence-corrected chi connectivity index (χ3v) is 4.76. The van der Waals surface area contributed by atoms with Crippen LogP contribution in [0.25, 0.3) is 12.2 Å². The van der Waals surface area contributed by atoms with Crippen LogP contribution in [0.4, 0.5) is 0 Å². The molecule has 0 fully saturated rings. The van der Waals surface area contributed by atoms with Crippen molar-refractivity contribution in [3.8, 4) is 17.6 Å². The molecule has 0 saturated heterocycles. The van der Waals surface area contributed by atoms with Crippen molar-refractivity contribution in [2.75, 3.05) is 27.4 Å². The molecule has 2 aromatic carbocycles. The van der Waals surface area contributed by atoms with E-state index in [0.29, 0.717) is 27.8 Å². The van der Waals surface area contributed by atoms with Crippen LogP contribution in [0, 0.1) is 11.3 Å². The first kappa shape index (κ1) is 25.0. The Balaban J connectivity index is 2.13. The zero-order valence-electron chi connectivity index (χ0n) is 17.4. The van der Waals surface area contributed by atoms with Crippen LogP contribution in [0.3, 0.4) is 0 Å². The van der Waals surface area contributed by atoms with E-state index in [9.17, 15) is 14.9 Å². The third-order valence-electron chi connectivity index (χ3n) is 4.02. The lowest BCUT2D eigenvalue weighted by molar-refractivity contribution is -0.129. The van der Waals surface area contributed by atoms with Crippen molar-refractivity contribution in [1.82, 2.24) is 5.32 Å². The highest BCUT2D eigenvalue weighted by molar-refractivity contribution is 6.42. The number of ether oxygens (including phenoxy) is 3. The number of benzene rings is 2. The molecule has 0 heterocycles. The molecule has 0 unspecified atom stereocenters. The summed E-state index contributed by atoms with van der Waals surface area (Å²) in [6, 6.07) is 11.4. The highest BCUT2D eigenvalue weighted by Crippen LogP contribution is 2.29. The molecular weight excluding hydrogens is 455 g/mol. The van der Waals surface area contributed by atoms with Gasteiger partial charge in [0.2, 0.25) is 0 Å². The third kappa shape index (κ3) is 7.43. The van der Waals surface area contributed by atoms with Gasteiger partial charge >= 0.3 is 5.97 Å². The molecule has 9 heteroatoms. The van der Waals surface area contributed by atoms with Gasteiger partial charge < -0.3 is 19.5 Å². The van der Waals surface area contributed by atoms with Crippen LogP contribution in [0.2, 0.25) is 10.0 Å². The number of nitrogens with zero attached hydrogens (tertiary/aromatic N) is 1. The van der Waals surface area contributed by atoms with Gasteiger partial charge in [0.1, 0.15) is 11.6 Å². The van der Waals surface area contributed by atoms with Gasteiger partial charge in [-0.15, -0.1) is 0 Å². The Morgan fingerprint density at radius 3 is 2.47 bits per heavy atom. The first-order valence-corrected chi connectivity index (χ1v) is 10.1. The molecule has 166 valence electrons. The lowest BCUT2D eigenvalue weighted by atomic mass is 10.1. The quantitative estimate of drug-likeness (QED) is 0.191. The summed E-state index contributed by atoms with van der Waals surface area (Å²) in [5.41, 5.74) is 1.11. The monoisotopic (exact) mass is 474 g/mol. The average Bonchev–Trinajstić information content (AvgIpc) is 2.79. The topological polar surface area (TPSA) is 97.6 Å². The number of halogens is 2. The molecule has 0 spiro atoms. The summed E-state index contributed by atoms with van der Waals surface area (Å²) in [5.74, 6) is -0.719. The molecule has 1 N–H and O–H groups in total. The molecule has 0 bridgehead atoms. The number of carbonyl (C=O) groups excluding carboxylic acids is 2. The number of esters is 1. The number of rotatable bonds is 9. The van der Waals surface area contributed by atoms with Crippen molar-refractivity contribution in [2.45, 2.75) is 0 Å². The van der Waals surface area contributed by atoms with Crippen molar-refractivity contribution >= 4 is 47.2 Å². The van der Waals surface area contributed by atoms with E-state index in [1.165, 1.54) is 38.5 Å². The summed E-state index contributed by atoms with van der Waals surface area (Å²) in [4.78, 5) is 24.3. The summed E-state index contributed by atoms with van der Waals surface area (Å²) >= 11 is 11.8. The fourth-order valence-electron chi connectivity index (χ4n) is 2.46. The predicted octanol–water partition coefficient (Wildman–Crippen LogP) is 4.29. The number of hydrogen-bond donors (Lipinski definition) is 1. The number of carbonyl (C=O) groups is 2. The normalized spacial score (nSPS) is 11.2. The second-order valence-corrected chi connectivity index (χ2v) is 7.07. The van der Waals surface area contributed by atoms with E-state index in [1.807, 2.05) is 6.07 Å². The Hall–Kier alpha value is -3.31. The Morgan fingerprint density at radius 2 is 1.81 bits per heavy atom. The summed E-state index contributed by atoms with van der Waals surface area (Å²) < 4.78 is 15.5. The van der Waals surface area contributed by atoms with Gasteiger partial charge in [-0.05, 0) is 47.5 Å². The van der Waals surface area contributed by atoms with Gasteiger partial charge in [0, 0.05) is 19.7 Å². The van der Waals surface area contributed by atoms with E-state index in [-0.39, 0.29) is 23.6 Å². The molecule has 1 amide bonds. The summed E-state index contributed by atoms with van der Waals surface area (Å²) in [6.07, 6.45) is 4.18. The van der Waals surface area contributed by atoms with Crippen molar-refractivity contribution < 1.29 is 23.8 Å². The first-order chi connectivity index (χ1) is 15.4. The summed E-state index contributed by atoms with van der Waals surface area (Å²) in [6.45, 7) is 0.611. The molecule has 32 heavy (non-hydrogen) atoms. The highest BCUT2D eigenvalue weighted by atomic mass is 35.5. The SMILES string of the molecule is COCCNC(=O)C(C#N)=Cc1ccc(OC(=O)C=Cc2ccc(Cl)c(Cl)c2)c(OC)c1. The fraction of sp³-hybridized carbons (Fsp3) is 0.174. The maximum absolute atomic E-state index is 12.2. The van der Waals surface area contributed by atoms with Crippen molar-refractivity contribution in [3.63, 3.8) is 0 Å². The molecule has 7 nitrogen and oxygen atoms in total. The van der Waals surface area contributed by atoms with E-state index in [2.05, 4.69) is 5.32 Å². The molecule has 0 aliphatic heterocycles. The van der Waals surface area contributed by atoms with Crippen molar-refractivity contribution in [1.29, 1.82) is 5.26 Å². The van der Waals surface area contributed by atoms with Crippen LogP contribution in [-0.2, 0) is 14.3 Å². The Kier molecular flexibility index (Phi) is 9.76. The number of nitriles is 1. The summed E-state index contributed by atoms with van der Waals surface area (Å²) in [5, 5.41) is 12.6. The summed E-state index contributed by atoms with van der Waals surface area (Å²) in [7, 11) is 2.92. The van der Waals surface area contributed by atoms with Crippen LogP contribution in [-0.4, -0.2) is 39.2 Å². The largest absolute Gasteiger partial charge is 0.493 e. The first-order valence-electron chi connectivity index (χ1n) is 9.30. The number of methoxy groups -OCH3 is 2. The van der Waals surface area contributed by atoms with E-state index < -0.39 is 11.9 Å². The second-order valence-electron chi connectivity index (χ2n) is 6.26. The smallest absolute Gasteiger partial charge is 0.336 e. The molecule has 0 aromatic heterocycles. The van der Waals surface area contributed by atoms with Crippen molar-refractivity contribution in [3.05, 3.63) is 69.2 Å². The van der Waals surface area contributed by atoms with Gasteiger partial charge in [0.25, 0.3) is 5.91 Å². The van der Waals surface area contributed by atoms with Crippen LogP contribution in [0.1, 0.15) is 11.1 Å². The van der Waals surface area contributed by atoms with E-state index >= 15 is 0 Å². The van der Waals surface area contributed by atoms with E-state index in [0.717, 1.165) is 0 Å². The molecule has 0 aliphatic carbocycles. The number of nitrogens with one attached hydrogen (secondary N) is 1. The zero-order valence-corrected chi connectivity index (χ0v) is 18.9. The Bertz CT molecular complexity index is 1090. The maximum Gasteiger partial charge on any atom is 0.336 e. The highest BCUT2D eigenvalue weighted by Gasteiger charge is 2.12. The van der Waals surface area contributed by atoms with Crippen molar-refractivity contribution in [2.24, 2.45) is 0 Å². The van der Waals surface area contributed by atoms with Crippen LogP contribution in [0.15, 0.2) is 48.0 Å². The molecule has 2 rings (SSSR count). The molecule has 0 saturated carbocycles. The molecule has 0 aliphatic rings. The standard InChI is InChI=1S/C23H20Cl2N2O5/c1-30-10-9-27-23(29)17(14-26)11-16-4-7-20(21(13-16)31-2)32-22(28)8-5-15-3-6-18(24)19(25)12-15/h3-8,11-13H,9-10H2,1-2H3,(H,27,29). The van der Waals surface area contributed by atoms with Gasteiger partial charge in [-0.2, -0.15) is 5.26 Å². The molecule has 2 aromatic rings. The zero-order chi connectivity index (χ0) is 23.5. The van der Waals surface area contributed by atoms with E-state index in [4.69, 9.17) is 37.4 Å². The molecule has 0 radical (unpaired) electrons. The van der Waals surface area contributed by atoms with Crippen LogP contribution >= 0.6 is 23.2 Å². The Labute approximate surface area is 195 Å². The van der Waals surface area contributed by atoms with Gasteiger partial charge in [0.05, 0.1) is 23.8 Å². The average molecular weight is 475 g/mol. The van der Waals surface area contributed by atoms with Crippen LogP contribution < -0.4 is 14.8 Å². The lowest BCUT2D eigenvalue weighted by Crippen LogP contribution is -2.27. The second kappa shape index (κ2) is 12.5. The fourth-order valence-corrected chi connectivity index (χ4v) is 2.76. The minimum atomic E-state index is -0.632. The maximum atomic E-state index is 12.2. The molecular formula is C23H20Cl2N2O5. The van der Waals surface area contributed by atoms with E-state index in [1.54, 1.807) is 30.3 Å². The van der Waals surface area contributed by atoms with Crippen LogP contribution in [0.5, 0.6) is 11.5 Å². The minimum absolute atomic E-state index is 0.0857. The molecule has 0 atom stereocenters. The Morgan fingerprint density at radius 1 is 1.06 bits per heavy atom. The van der Waals surface area contributed by atoms with Gasteiger partial charge in [-0.3, -0.25) is 4.79 Å².